The van der Waals surface area contributed by atoms with Crippen molar-refractivity contribution in [3.05, 3.63) is 29.8 Å². The van der Waals surface area contributed by atoms with Crippen LogP contribution in [0.4, 0.5) is 0 Å². The molecule has 0 aromatic heterocycles. The summed E-state index contributed by atoms with van der Waals surface area (Å²) in [6.45, 7) is 7.02. The Morgan fingerprint density at radius 3 is 2.82 bits per heavy atom. The quantitative estimate of drug-likeness (QED) is 0.756. The van der Waals surface area contributed by atoms with Crippen LogP contribution in [-0.2, 0) is 0 Å². The minimum absolute atomic E-state index is 0.637. The number of nitrogens with zero attached hydrogens (tertiary/aromatic N) is 2. The van der Waals surface area contributed by atoms with Crippen molar-refractivity contribution in [3.8, 4) is 11.8 Å². The van der Waals surface area contributed by atoms with E-state index in [0.29, 0.717) is 18.1 Å². The van der Waals surface area contributed by atoms with Gasteiger partial charge in [-0.1, -0.05) is 19.9 Å². The van der Waals surface area contributed by atoms with E-state index in [2.05, 4.69) is 31.9 Å². The summed E-state index contributed by atoms with van der Waals surface area (Å²) < 4.78 is 5.61. The van der Waals surface area contributed by atoms with E-state index in [1.807, 2.05) is 12.1 Å². The maximum Gasteiger partial charge on any atom is 0.120 e. The zero-order valence-electron chi connectivity index (χ0n) is 10.8. The van der Waals surface area contributed by atoms with Crippen molar-refractivity contribution in [1.82, 2.24) is 4.90 Å². The molecule has 0 aliphatic rings. The number of likely N-dealkylation sites (N-methyl/N-ethyl adjacent to an activating group) is 1. The van der Waals surface area contributed by atoms with Crippen LogP contribution < -0.4 is 4.74 Å². The number of benzene rings is 1. The summed E-state index contributed by atoms with van der Waals surface area (Å²) in [7, 11) is 2.09. The first-order valence-corrected chi connectivity index (χ1v) is 5.93. The van der Waals surface area contributed by atoms with Gasteiger partial charge < -0.3 is 9.64 Å². The highest BCUT2D eigenvalue weighted by Gasteiger charge is 2.02. The molecule has 0 saturated carbocycles. The molecule has 0 N–H and O–H groups in total. The van der Waals surface area contributed by atoms with E-state index in [1.165, 1.54) is 0 Å². The van der Waals surface area contributed by atoms with E-state index < -0.39 is 0 Å². The molecule has 0 spiro atoms. The second-order valence-corrected chi connectivity index (χ2v) is 4.64. The van der Waals surface area contributed by atoms with E-state index >= 15 is 0 Å². The second kappa shape index (κ2) is 6.93. The molecule has 0 heterocycles. The normalized spacial score (nSPS) is 10.6. The van der Waals surface area contributed by atoms with Crippen molar-refractivity contribution < 1.29 is 4.74 Å². The maximum absolute atomic E-state index is 8.76. The van der Waals surface area contributed by atoms with Gasteiger partial charge in [0.15, 0.2) is 0 Å². The smallest absolute Gasteiger partial charge is 0.120 e. The van der Waals surface area contributed by atoms with Gasteiger partial charge in [0.05, 0.1) is 11.6 Å². The topological polar surface area (TPSA) is 36.3 Å². The largest absolute Gasteiger partial charge is 0.492 e. The molecule has 1 rings (SSSR count). The second-order valence-electron chi connectivity index (χ2n) is 4.64. The standard InChI is InChI=1S/C14H20N2O/c1-12(2)11-16(3)7-8-17-14-6-4-5-13(9-14)10-15/h4-6,9,12H,7-8,11H2,1-3H3. The van der Waals surface area contributed by atoms with Crippen LogP contribution in [0.2, 0.25) is 0 Å². The summed E-state index contributed by atoms with van der Waals surface area (Å²) >= 11 is 0. The number of hydrogen-bond acceptors (Lipinski definition) is 3. The van der Waals surface area contributed by atoms with Crippen molar-refractivity contribution in [1.29, 1.82) is 5.26 Å². The molecule has 0 aliphatic carbocycles. The Bertz CT molecular complexity index is 382. The molecule has 0 unspecified atom stereocenters. The van der Waals surface area contributed by atoms with Crippen LogP contribution in [0.1, 0.15) is 19.4 Å². The van der Waals surface area contributed by atoms with Gasteiger partial charge >= 0.3 is 0 Å². The van der Waals surface area contributed by atoms with Gasteiger partial charge in [-0.3, -0.25) is 0 Å². The summed E-state index contributed by atoms with van der Waals surface area (Å²) in [6.07, 6.45) is 0. The number of rotatable bonds is 6. The summed E-state index contributed by atoms with van der Waals surface area (Å²) in [5.41, 5.74) is 0.637. The SMILES string of the molecule is CC(C)CN(C)CCOc1cccc(C#N)c1. The monoisotopic (exact) mass is 232 g/mol. The molecule has 0 amide bonds. The summed E-state index contributed by atoms with van der Waals surface area (Å²) in [5, 5.41) is 8.76. The Labute approximate surface area is 104 Å². The molecule has 0 fully saturated rings. The van der Waals surface area contributed by atoms with Gasteiger partial charge in [0.25, 0.3) is 0 Å². The van der Waals surface area contributed by atoms with Crippen LogP contribution in [0.5, 0.6) is 5.75 Å². The molecule has 0 atom stereocenters. The zero-order valence-corrected chi connectivity index (χ0v) is 10.8. The van der Waals surface area contributed by atoms with Gasteiger partial charge in [0.2, 0.25) is 0 Å². The van der Waals surface area contributed by atoms with Crippen molar-refractivity contribution in [2.75, 3.05) is 26.7 Å². The molecule has 1 aromatic rings. The minimum atomic E-state index is 0.637. The van der Waals surface area contributed by atoms with Crippen LogP contribution >= 0.6 is 0 Å². The van der Waals surface area contributed by atoms with Gasteiger partial charge in [-0.05, 0) is 31.2 Å². The number of ether oxygens (including phenoxy) is 1. The van der Waals surface area contributed by atoms with Gasteiger partial charge in [-0.15, -0.1) is 0 Å². The van der Waals surface area contributed by atoms with Gasteiger partial charge in [-0.2, -0.15) is 5.26 Å². The third-order valence-corrected chi connectivity index (χ3v) is 2.38. The third-order valence-electron chi connectivity index (χ3n) is 2.38. The lowest BCUT2D eigenvalue weighted by Crippen LogP contribution is -2.27. The first-order valence-electron chi connectivity index (χ1n) is 5.93. The lowest BCUT2D eigenvalue weighted by Gasteiger charge is -2.18. The Morgan fingerprint density at radius 1 is 1.41 bits per heavy atom. The molecule has 92 valence electrons. The van der Waals surface area contributed by atoms with Crippen molar-refractivity contribution >= 4 is 0 Å². The molecule has 3 nitrogen and oxygen atoms in total. The number of nitriles is 1. The minimum Gasteiger partial charge on any atom is -0.492 e. The van der Waals surface area contributed by atoms with Crippen molar-refractivity contribution in [2.45, 2.75) is 13.8 Å². The van der Waals surface area contributed by atoms with Crippen LogP contribution in [0.25, 0.3) is 0 Å². The highest BCUT2D eigenvalue weighted by molar-refractivity contribution is 5.36. The fraction of sp³-hybridized carbons (Fsp3) is 0.500. The van der Waals surface area contributed by atoms with E-state index in [0.717, 1.165) is 18.8 Å². The van der Waals surface area contributed by atoms with E-state index in [-0.39, 0.29) is 0 Å². The van der Waals surface area contributed by atoms with E-state index in [9.17, 15) is 0 Å². The molecule has 3 heteroatoms. The number of hydrogen-bond donors (Lipinski definition) is 0. The molecule has 0 saturated heterocycles. The average Bonchev–Trinajstić information content (AvgIpc) is 2.28. The van der Waals surface area contributed by atoms with Crippen LogP contribution in [0.15, 0.2) is 24.3 Å². The first kappa shape index (κ1) is 13.5. The Hall–Kier alpha value is -1.53. The predicted molar refractivity (Wildman–Crippen MR) is 69.0 cm³/mol. The van der Waals surface area contributed by atoms with E-state index in [1.54, 1.807) is 12.1 Å². The van der Waals surface area contributed by atoms with Crippen molar-refractivity contribution in [2.24, 2.45) is 5.92 Å². The third kappa shape index (κ3) is 5.37. The summed E-state index contributed by atoms with van der Waals surface area (Å²) in [5.74, 6) is 1.43. The van der Waals surface area contributed by atoms with Crippen molar-refractivity contribution in [3.63, 3.8) is 0 Å². The summed E-state index contributed by atoms with van der Waals surface area (Å²) in [4.78, 5) is 2.25. The molecule has 0 bridgehead atoms. The van der Waals surface area contributed by atoms with Gasteiger partial charge in [-0.25, -0.2) is 0 Å². The van der Waals surface area contributed by atoms with E-state index in [4.69, 9.17) is 10.00 Å². The maximum atomic E-state index is 8.76. The molecule has 0 radical (unpaired) electrons. The predicted octanol–water partition coefficient (Wildman–Crippen LogP) is 2.52. The molecule has 1 aromatic carbocycles. The molecule has 17 heavy (non-hydrogen) atoms. The highest BCUT2D eigenvalue weighted by atomic mass is 16.5. The average molecular weight is 232 g/mol. The highest BCUT2D eigenvalue weighted by Crippen LogP contribution is 2.12. The van der Waals surface area contributed by atoms with Gasteiger partial charge in [0.1, 0.15) is 12.4 Å². The molecule has 0 aliphatic heterocycles. The fourth-order valence-electron chi connectivity index (χ4n) is 1.69. The van der Waals surface area contributed by atoms with Crippen LogP contribution in [-0.4, -0.2) is 31.6 Å². The Kier molecular flexibility index (Phi) is 5.51. The van der Waals surface area contributed by atoms with Gasteiger partial charge in [0, 0.05) is 13.1 Å². The fourth-order valence-corrected chi connectivity index (χ4v) is 1.69. The molecular formula is C14H20N2O. The van der Waals surface area contributed by atoms with Crippen LogP contribution in [0, 0.1) is 17.2 Å². The Balaban J connectivity index is 2.33. The van der Waals surface area contributed by atoms with Crippen LogP contribution in [0.3, 0.4) is 0 Å². The summed E-state index contributed by atoms with van der Waals surface area (Å²) in [6, 6.07) is 9.36. The lowest BCUT2D eigenvalue weighted by molar-refractivity contribution is 0.223. The Morgan fingerprint density at radius 2 is 2.18 bits per heavy atom. The lowest BCUT2D eigenvalue weighted by atomic mass is 10.2. The molecular weight excluding hydrogens is 212 g/mol. The zero-order chi connectivity index (χ0) is 12.7. The first-order chi connectivity index (χ1) is 8.11.